The number of anilines is 2. The third-order valence-corrected chi connectivity index (χ3v) is 10.7. The molecule has 3 heterocycles. The molecule has 2 aliphatic rings. The summed E-state index contributed by atoms with van der Waals surface area (Å²) in [5.41, 5.74) is 0. The summed E-state index contributed by atoms with van der Waals surface area (Å²) in [6.45, 7) is 17.0. The number of hydrogen-bond donors (Lipinski definition) is 0. The quantitative estimate of drug-likeness (QED) is 0.721. The van der Waals surface area contributed by atoms with E-state index in [0.717, 1.165) is 44.4 Å². The predicted octanol–water partition coefficient (Wildman–Crippen LogP) is 4.53. The fraction of sp³-hybridized carbons (Fsp3) is 0.750. The molecule has 2 saturated heterocycles. The Morgan fingerprint density at radius 3 is 2.36 bits per heavy atom. The Balaban J connectivity index is 1.57. The van der Waals surface area contributed by atoms with E-state index < -0.39 is 8.32 Å². The fourth-order valence-corrected chi connectivity index (χ4v) is 4.52. The van der Waals surface area contributed by atoms with Gasteiger partial charge < -0.3 is 14.2 Å². The summed E-state index contributed by atoms with van der Waals surface area (Å²) < 4.78 is 6.45. The van der Waals surface area contributed by atoms with E-state index in [1.807, 2.05) is 0 Å². The van der Waals surface area contributed by atoms with Gasteiger partial charge in [-0.3, -0.25) is 0 Å². The molecular formula is C20H35N3OSi. The molecule has 25 heavy (non-hydrogen) atoms. The lowest BCUT2D eigenvalue weighted by atomic mass is 10.1. The van der Waals surface area contributed by atoms with Gasteiger partial charge in [0.25, 0.3) is 0 Å². The van der Waals surface area contributed by atoms with Crippen molar-refractivity contribution in [2.75, 3.05) is 42.6 Å². The fourth-order valence-electron chi connectivity index (χ4n) is 3.43. The Labute approximate surface area is 154 Å². The van der Waals surface area contributed by atoms with Crippen molar-refractivity contribution in [3.05, 3.63) is 18.2 Å². The molecule has 0 saturated carbocycles. The van der Waals surface area contributed by atoms with E-state index in [1.165, 1.54) is 19.3 Å². The number of nitrogens with zero attached hydrogens (tertiary/aromatic N) is 3. The molecule has 0 aromatic carbocycles. The molecule has 0 bridgehead atoms. The van der Waals surface area contributed by atoms with Crippen LogP contribution in [0.15, 0.2) is 18.2 Å². The van der Waals surface area contributed by atoms with Gasteiger partial charge in [-0.05, 0) is 49.5 Å². The van der Waals surface area contributed by atoms with Gasteiger partial charge in [-0.25, -0.2) is 4.98 Å². The molecule has 2 aliphatic heterocycles. The molecule has 0 N–H and O–H groups in total. The minimum Gasteiger partial charge on any atom is -0.416 e. The lowest BCUT2D eigenvalue weighted by Gasteiger charge is -2.37. The second-order valence-electron chi connectivity index (χ2n) is 9.22. The van der Waals surface area contributed by atoms with Gasteiger partial charge in [-0.2, -0.15) is 0 Å². The van der Waals surface area contributed by atoms with Crippen molar-refractivity contribution in [3.63, 3.8) is 0 Å². The molecule has 1 unspecified atom stereocenters. The van der Waals surface area contributed by atoms with Crippen molar-refractivity contribution >= 4 is 20.0 Å². The first kappa shape index (κ1) is 18.7. The first-order valence-electron chi connectivity index (χ1n) is 9.87. The highest BCUT2D eigenvalue weighted by Crippen LogP contribution is 2.37. The van der Waals surface area contributed by atoms with E-state index in [4.69, 9.17) is 9.41 Å². The van der Waals surface area contributed by atoms with Crippen molar-refractivity contribution in [2.45, 2.75) is 58.2 Å². The second-order valence-corrected chi connectivity index (χ2v) is 14.0. The van der Waals surface area contributed by atoms with E-state index in [9.17, 15) is 0 Å². The minimum absolute atomic E-state index is 0.289. The molecule has 0 aliphatic carbocycles. The van der Waals surface area contributed by atoms with Crippen molar-refractivity contribution in [1.82, 2.24) is 4.98 Å². The van der Waals surface area contributed by atoms with E-state index in [-0.39, 0.29) is 5.04 Å². The third-order valence-electron chi connectivity index (χ3n) is 6.25. The van der Waals surface area contributed by atoms with Gasteiger partial charge in [-0.15, -0.1) is 0 Å². The van der Waals surface area contributed by atoms with Gasteiger partial charge in [0.2, 0.25) is 0 Å². The molecule has 1 aromatic rings. The molecular weight excluding hydrogens is 326 g/mol. The summed E-state index contributed by atoms with van der Waals surface area (Å²) in [5.74, 6) is 2.92. The smallest absolute Gasteiger partial charge is 0.191 e. The first-order chi connectivity index (χ1) is 11.8. The van der Waals surface area contributed by atoms with Crippen molar-refractivity contribution in [2.24, 2.45) is 5.92 Å². The van der Waals surface area contributed by atoms with Crippen LogP contribution in [0.25, 0.3) is 0 Å². The van der Waals surface area contributed by atoms with E-state index in [2.05, 4.69) is 61.9 Å². The molecule has 3 rings (SSSR count). The van der Waals surface area contributed by atoms with Gasteiger partial charge >= 0.3 is 0 Å². The standard InChI is InChI=1S/C20H35N3OSi/c1-20(2,3)25(4,5)24-16-17-11-14-23(15-17)19-10-8-9-18(21-19)22-12-6-7-13-22/h8-10,17H,6-7,11-16H2,1-5H3. The maximum absolute atomic E-state index is 6.45. The molecule has 0 amide bonds. The Morgan fingerprint density at radius 2 is 1.72 bits per heavy atom. The van der Waals surface area contributed by atoms with Gasteiger partial charge in [-0.1, -0.05) is 26.8 Å². The van der Waals surface area contributed by atoms with Crippen molar-refractivity contribution < 1.29 is 4.43 Å². The lowest BCUT2D eigenvalue weighted by Crippen LogP contribution is -2.42. The average molecular weight is 362 g/mol. The van der Waals surface area contributed by atoms with Gasteiger partial charge in [0, 0.05) is 38.7 Å². The Kier molecular flexibility index (Phi) is 5.44. The minimum atomic E-state index is -1.64. The molecule has 5 heteroatoms. The van der Waals surface area contributed by atoms with Crippen LogP contribution >= 0.6 is 0 Å². The summed E-state index contributed by atoms with van der Waals surface area (Å²) in [5, 5.41) is 0.289. The maximum Gasteiger partial charge on any atom is 0.191 e. The highest BCUT2D eigenvalue weighted by molar-refractivity contribution is 6.74. The summed E-state index contributed by atoms with van der Waals surface area (Å²) in [6.07, 6.45) is 3.80. The summed E-state index contributed by atoms with van der Waals surface area (Å²) >= 11 is 0. The SMILES string of the molecule is CC(C)(C)[Si](C)(C)OCC1CCN(c2cccc(N3CCCC3)n2)C1. The molecule has 0 radical (unpaired) electrons. The Morgan fingerprint density at radius 1 is 1.08 bits per heavy atom. The number of aromatic nitrogens is 1. The normalized spacial score (nSPS) is 22.0. The van der Waals surface area contributed by atoms with Crippen LogP contribution in [0.5, 0.6) is 0 Å². The number of rotatable bonds is 5. The van der Waals surface area contributed by atoms with Crippen molar-refractivity contribution in [3.8, 4) is 0 Å². The van der Waals surface area contributed by atoms with E-state index in [1.54, 1.807) is 0 Å². The van der Waals surface area contributed by atoms with Crippen LogP contribution in [0.1, 0.15) is 40.0 Å². The molecule has 4 nitrogen and oxygen atoms in total. The number of hydrogen-bond acceptors (Lipinski definition) is 4. The van der Waals surface area contributed by atoms with Crippen LogP contribution in [-0.4, -0.2) is 46.1 Å². The molecule has 1 atom stereocenters. The second kappa shape index (κ2) is 7.27. The zero-order valence-electron chi connectivity index (χ0n) is 16.7. The largest absolute Gasteiger partial charge is 0.416 e. The summed E-state index contributed by atoms with van der Waals surface area (Å²) in [7, 11) is -1.64. The molecule has 140 valence electrons. The third kappa shape index (κ3) is 4.37. The van der Waals surface area contributed by atoms with E-state index in [0.29, 0.717) is 5.92 Å². The lowest BCUT2D eigenvalue weighted by molar-refractivity contribution is 0.238. The van der Waals surface area contributed by atoms with Gasteiger partial charge in [0.15, 0.2) is 8.32 Å². The first-order valence-corrected chi connectivity index (χ1v) is 12.8. The summed E-state index contributed by atoms with van der Waals surface area (Å²) in [4.78, 5) is 9.80. The Bertz CT molecular complexity index is 579. The predicted molar refractivity (Wildman–Crippen MR) is 109 cm³/mol. The molecule has 1 aromatic heterocycles. The monoisotopic (exact) mass is 361 g/mol. The van der Waals surface area contributed by atoms with Crippen molar-refractivity contribution in [1.29, 1.82) is 0 Å². The molecule has 0 spiro atoms. The highest BCUT2D eigenvalue weighted by atomic mass is 28.4. The van der Waals surface area contributed by atoms with Crippen LogP contribution in [0.2, 0.25) is 18.1 Å². The van der Waals surface area contributed by atoms with Crippen LogP contribution in [0.4, 0.5) is 11.6 Å². The number of pyridine rings is 1. The zero-order chi connectivity index (χ0) is 18.1. The average Bonchev–Trinajstić information content (AvgIpc) is 3.24. The maximum atomic E-state index is 6.45. The van der Waals surface area contributed by atoms with Crippen LogP contribution in [-0.2, 0) is 4.43 Å². The van der Waals surface area contributed by atoms with Crippen LogP contribution in [0.3, 0.4) is 0 Å². The highest BCUT2D eigenvalue weighted by Gasteiger charge is 2.38. The zero-order valence-corrected chi connectivity index (χ0v) is 17.7. The van der Waals surface area contributed by atoms with E-state index >= 15 is 0 Å². The summed E-state index contributed by atoms with van der Waals surface area (Å²) in [6, 6.07) is 6.48. The Hall–Kier alpha value is -1.07. The molecule has 2 fully saturated rings. The van der Waals surface area contributed by atoms with Crippen LogP contribution < -0.4 is 9.80 Å². The van der Waals surface area contributed by atoms with Crippen LogP contribution in [0, 0.1) is 5.92 Å². The van der Waals surface area contributed by atoms with Gasteiger partial charge in [0.1, 0.15) is 11.6 Å². The van der Waals surface area contributed by atoms with Gasteiger partial charge in [0.05, 0.1) is 0 Å². The topological polar surface area (TPSA) is 28.6 Å².